The van der Waals surface area contributed by atoms with Crippen LogP contribution < -0.4 is 0 Å². The molecule has 10 heteroatoms. The topological polar surface area (TPSA) is 97.5 Å². The number of halogens is 2. The number of aromatic nitrogens is 3. The van der Waals surface area contributed by atoms with Gasteiger partial charge in [-0.3, -0.25) is 0 Å². The highest BCUT2D eigenvalue weighted by Crippen LogP contribution is 2.29. The van der Waals surface area contributed by atoms with Crippen molar-refractivity contribution in [3.63, 3.8) is 0 Å². The number of ether oxygens (including phenoxy) is 1. The molecule has 2 rings (SSSR count). The van der Waals surface area contributed by atoms with E-state index in [-0.39, 0.29) is 6.54 Å². The second-order valence-corrected chi connectivity index (χ2v) is 6.24. The fraction of sp³-hybridized carbons (Fsp3) is 0.692. The number of nitrogens with zero attached hydrogens (tertiary/aromatic N) is 4. The van der Waals surface area contributed by atoms with Crippen molar-refractivity contribution in [2.24, 2.45) is 0 Å². The maximum Gasteiger partial charge on any atom is 0.410 e. The predicted molar refractivity (Wildman–Crippen MR) is 73.4 cm³/mol. The molecule has 0 saturated carbocycles. The van der Waals surface area contributed by atoms with Crippen LogP contribution in [0.5, 0.6) is 0 Å². The Bertz CT molecular complexity index is 612. The molecular weight excluding hydrogens is 314 g/mol. The fourth-order valence-corrected chi connectivity index (χ4v) is 2.36. The first-order valence-electron chi connectivity index (χ1n) is 7.04. The maximum absolute atomic E-state index is 13.1. The molecule has 1 amide bonds. The van der Waals surface area contributed by atoms with Crippen LogP contribution in [0.2, 0.25) is 0 Å². The van der Waals surface area contributed by atoms with E-state index in [0.29, 0.717) is 13.0 Å². The summed E-state index contributed by atoms with van der Waals surface area (Å²) in [5.41, 5.74) is -2.17. The van der Waals surface area contributed by atoms with E-state index >= 15 is 0 Å². The van der Waals surface area contributed by atoms with Gasteiger partial charge in [0.25, 0.3) is 6.43 Å². The first-order chi connectivity index (χ1) is 10.6. The van der Waals surface area contributed by atoms with Gasteiger partial charge in [-0.05, 0) is 27.2 Å². The molecule has 0 aromatic carbocycles. The summed E-state index contributed by atoms with van der Waals surface area (Å²) in [4.78, 5) is 24.3. The zero-order valence-corrected chi connectivity index (χ0v) is 13.0. The number of amides is 1. The molecule has 8 nitrogen and oxygen atoms in total. The summed E-state index contributed by atoms with van der Waals surface area (Å²) in [5.74, 6) is -1.56. The average Bonchev–Trinajstić information content (AvgIpc) is 3.03. The Kier molecular flexibility index (Phi) is 4.53. The van der Waals surface area contributed by atoms with Crippen LogP contribution in [0.3, 0.4) is 0 Å². The van der Waals surface area contributed by atoms with Gasteiger partial charge in [0.2, 0.25) is 0 Å². The summed E-state index contributed by atoms with van der Waals surface area (Å²) in [6.07, 6.45) is -3.20. The standard InChI is InChI=1S/C13H18F2N4O4/c1-13(2,3)23-12(22)18-5-4-7(6-18)19-9(10(14)15)8(11(20)21)16-17-19/h7,10H,4-6H2,1-3H3,(H,20,21). The molecule has 1 atom stereocenters. The number of hydrogen-bond donors (Lipinski definition) is 1. The van der Waals surface area contributed by atoms with Gasteiger partial charge >= 0.3 is 12.1 Å². The van der Waals surface area contributed by atoms with Gasteiger partial charge in [0, 0.05) is 13.1 Å². The van der Waals surface area contributed by atoms with Crippen LogP contribution in [0.25, 0.3) is 0 Å². The van der Waals surface area contributed by atoms with Gasteiger partial charge < -0.3 is 14.7 Å². The first kappa shape index (κ1) is 17.1. The summed E-state index contributed by atoms with van der Waals surface area (Å²) >= 11 is 0. The molecule has 1 unspecified atom stereocenters. The lowest BCUT2D eigenvalue weighted by atomic mass is 10.2. The summed E-state index contributed by atoms with van der Waals surface area (Å²) in [6.45, 7) is 5.60. The molecule has 1 fully saturated rings. The smallest absolute Gasteiger partial charge is 0.410 e. The number of rotatable bonds is 3. The monoisotopic (exact) mass is 332 g/mol. The van der Waals surface area contributed by atoms with E-state index in [1.807, 2.05) is 0 Å². The van der Waals surface area contributed by atoms with Crippen LogP contribution >= 0.6 is 0 Å². The van der Waals surface area contributed by atoms with Crippen molar-refractivity contribution in [3.8, 4) is 0 Å². The van der Waals surface area contributed by atoms with Crippen molar-refractivity contribution in [1.82, 2.24) is 19.9 Å². The third-order valence-electron chi connectivity index (χ3n) is 3.30. The number of likely N-dealkylation sites (tertiary alicyclic amines) is 1. The Morgan fingerprint density at radius 2 is 2.04 bits per heavy atom. The average molecular weight is 332 g/mol. The van der Waals surface area contributed by atoms with Crippen molar-refractivity contribution in [1.29, 1.82) is 0 Å². The first-order valence-corrected chi connectivity index (χ1v) is 7.04. The van der Waals surface area contributed by atoms with Crippen LogP contribution in [0.4, 0.5) is 13.6 Å². The second-order valence-electron chi connectivity index (χ2n) is 6.24. The molecule has 0 spiro atoms. The van der Waals surface area contributed by atoms with Gasteiger partial charge in [-0.25, -0.2) is 23.1 Å². The van der Waals surface area contributed by atoms with Gasteiger partial charge in [0.05, 0.1) is 6.04 Å². The van der Waals surface area contributed by atoms with E-state index in [1.54, 1.807) is 20.8 Å². The highest BCUT2D eigenvalue weighted by atomic mass is 19.3. The number of aromatic carboxylic acids is 1. The van der Waals surface area contributed by atoms with Crippen LogP contribution in [0.1, 0.15) is 55.8 Å². The molecule has 1 aliphatic heterocycles. The van der Waals surface area contributed by atoms with Crippen molar-refractivity contribution < 1.29 is 28.2 Å². The molecule has 23 heavy (non-hydrogen) atoms. The van der Waals surface area contributed by atoms with Gasteiger partial charge in [0.1, 0.15) is 11.3 Å². The molecule has 128 valence electrons. The Balaban J connectivity index is 2.16. The molecule has 1 N–H and O–H groups in total. The van der Waals surface area contributed by atoms with Gasteiger partial charge in [-0.1, -0.05) is 5.21 Å². The summed E-state index contributed by atoms with van der Waals surface area (Å²) in [5, 5.41) is 15.8. The van der Waals surface area contributed by atoms with Crippen LogP contribution in [0, 0.1) is 0 Å². The highest BCUT2D eigenvalue weighted by Gasteiger charge is 2.35. The van der Waals surface area contributed by atoms with E-state index < -0.39 is 41.5 Å². The molecule has 0 bridgehead atoms. The predicted octanol–water partition coefficient (Wildman–Crippen LogP) is 2.10. The SMILES string of the molecule is CC(C)(C)OC(=O)N1CCC(n2nnc(C(=O)O)c2C(F)F)C1. The Morgan fingerprint density at radius 3 is 2.57 bits per heavy atom. The van der Waals surface area contributed by atoms with Crippen LogP contribution in [-0.4, -0.2) is 55.8 Å². The molecule has 1 aromatic heterocycles. The minimum absolute atomic E-state index is 0.108. The molecule has 0 radical (unpaired) electrons. The number of carbonyl (C=O) groups is 2. The van der Waals surface area contributed by atoms with E-state index in [4.69, 9.17) is 9.84 Å². The van der Waals surface area contributed by atoms with Crippen molar-refractivity contribution in [3.05, 3.63) is 11.4 Å². The number of alkyl halides is 2. The van der Waals surface area contributed by atoms with Crippen LogP contribution in [0.15, 0.2) is 0 Å². The van der Waals surface area contributed by atoms with E-state index in [1.165, 1.54) is 4.90 Å². The third kappa shape index (κ3) is 3.74. The third-order valence-corrected chi connectivity index (χ3v) is 3.30. The van der Waals surface area contributed by atoms with E-state index in [2.05, 4.69) is 10.3 Å². The fourth-order valence-electron chi connectivity index (χ4n) is 2.36. The number of carbonyl (C=O) groups excluding carboxylic acids is 1. The zero-order valence-electron chi connectivity index (χ0n) is 13.0. The number of carboxylic acid groups (broad SMARTS) is 1. The number of carboxylic acids is 1. The van der Waals surface area contributed by atoms with E-state index in [0.717, 1.165) is 4.68 Å². The molecule has 0 aliphatic carbocycles. The molecule has 1 aliphatic rings. The van der Waals surface area contributed by atoms with Crippen LogP contribution in [-0.2, 0) is 4.74 Å². The van der Waals surface area contributed by atoms with Crippen molar-refractivity contribution in [2.75, 3.05) is 13.1 Å². The lowest BCUT2D eigenvalue weighted by Gasteiger charge is -2.24. The van der Waals surface area contributed by atoms with Crippen molar-refractivity contribution >= 4 is 12.1 Å². The van der Waals surface area contributed by atoms with Gasteiger partial charge in [-0.2, -0.15) is 0 Å². The molecule has 2 heterocycles. The number of hydrogen-bond acceptors (Lipinski definition) is 5. The normalized spacial score (nSPS) is 18.5. The van der Waals surface area contributed by atoms with Gasteiger partial charge in [0.15, 0.2) is 5.69 Å². The van der Waals surface area contributed by atoms with Crippen molar-refractivity contribution in [2.45, 2.75) is 45.3 Å². The Hall–Kier alpha value is -2.26. The minimum Gasteiger partial charge on any atom is -0.476 e. The molecular formula is C13H18F2N4O4. The lowest BCUT2D eigenvalue weighted by molar-refractivity contribution is 0.0287. The summed E-state index contributed by atoms with van der Waals surface area (Å²) < 4.78 is 32.4. The largest absolute Gasteiger partial charge is 0.476 e. The Morgan fingerprint density at radius 1 is 1.39 bits per heavy atom. The lowest BCUT2D eigenvalue weighted by Crippen LogP contribution is -2.35. The quantitative estimate of drug-likeness (QED) is 0.910. The summed E-state index contributed by atoms with van der Waals surface area (Å²) in [6, 6.07) is -0.563. The Labute approximate surface area is 131 Å². The zero-order chi connectivity index (χ0) is 17.4. The molecule has 1 aromatic rings. The highest BCUT2D eigenvalue weighted by molar-refractivity contribution is 5.86. The molecule has 1 saturated heterocycles. The maximum atomic E-state index is 13.1. The second kappa shape index (κ2) is 6.09. The summed E-state index contributed by atoms with van der Waals surface area (Å²) in [7, 11) is 0. The van der Waals surface area contributed by atoms with E-state index in [9.17, 15) is 18.4 Å². The minimum atomic E-state index is -3.02. The van der Waals surface area contributed by atoms with Gasteiger partial charge in [-0.15, -0.1) is 5.10 Å².